The topological polar surface area (TPSA) is 49.4 Å². The summed E-state index contributed by atoms with van der Waals surface area (Å²) in [4.78, 5) is 26.6. The number of amides is 3. The quantitative estimate of drug-likeness (QED) is 0.865. The molecular weight excluding hydrogens is 276 g/mol. The van der Waals surface area contributed by atoms with Crippen LogP contribution in [0, 0.1) is 0 Å². The summed E-state index contributed by atoms with van der Waals surface area (Å²) >= 11 is 0. The number of imide groups is 1. The molecule has 2 aromatic rings. The van der Waals surface area contributed by atoms with Crippen LogP contribution in [0.1, 0.15) is 23.1 Å². The highest BCUT2D eigenvalue weighted by Gasteiger charge is 2.56. The maximum atomic E-state index is 12.6. The minimum atomic E-state index is -0.844. The van der Waals surface area contributed by atoms with Gasteiger partial charge in [0.25, 0.3) is 5.91 Å². The Balaban J connectivity index is 1.80. The first kappa shape index (κ1) is 13.1. The van der Waals surface area contributed by atoms with Crippen molar-refractivity contribution in [2.24, 2.45) is 0 Å². The van der Waals surface area contributed by atoms with E-state index in [9.17, 15) is 9.59 Å². The smallest absolute Gasteiger partial charge is 0.301 e. The number of urea groups is 1. The molecule has 22 heavy (non-hydrogen) atoms. The maximum Gasteiger partial charge on any atom is 0.325 e. The fourth-order valence-corrected chi connectivity index (χ4v) is 3.64. The van der Waals surface area contributed by atoms with Crippen molar-refractivity contribution in [3.8, 4) is 0 Å². The molecule has 1 heterocycles. The van der Waals surface area contributed by atoms with Crippen LogP contribution in [0.15, 0.2) is 54.6 Å². The van der Waals surface area contributed by atoms with Crippen LogP contribution in [-0.2, 0) is 23.3 Å². The van der Waals surface area contributed by atoms with Crippen molar-refractivity contribution in [3.63, 3.8) is 0 Å². The summed E-state index contributed by atoms with van der Waals surface area (Å²) in [6.07, 6.45) is 1.47. The molecule has 0 saturated carbocycles. The molecule has 4 heteroatoms. The van der Waals surface area contributed by atoms with E-state index >= 15 is 0 Å². The fourth-order valence-electron chi connectivity index (χ4n) is 3.64. The standard InChI is InChI=1S/C18H16N2O2/c21-16-18(11-10-14-8-4-5-9-15(14)18)20(17(22)19-16)12-13-6-2-1-3-7-13/h1-9H,10-12H2,(H,19,21,22). The zero-order chi connectivity index (χ0) is 15.2. The molecule has 1 saturated heterocycles. The molecule has 1 unspecified atom stereocenters. The molecule has 0 radical (unpaired) electrons. The number of hydrogen-bond acceptors (Lipinski definition) is 2. The fraction of sp³-hybridized carbons (Fsp3) is 0.222. The summed E-state index contributed by atoms with van der Waals surface area (Å²) in [6.45, 7) is 0.437. The van der Waals surface area contributed by atoms with Crippen LogP contribution in [0.3, 0.4) is 0 Å². The van der Waals surface area contributed by atoms with Crippen molar-refractivity contribution < 1.29 is 9.59 Å². The molecule has 1 fully saturated rings. The van der Waals surface area contributed by atoms with Crippen molar-refractivity contribution in [2.75, 3.05) is 0 Å². The third-order valence-electron chi connectivity index (χ3n) is 4.70. The minimum absolute atomic E-state index is 0.196. The Morgan fingerprint density at radius 1 is 1.00 bits per heavy atom. The van der Waals surface area contributed by atoms with Crippen LogP contribution in [0.2, 0.25) is 0 Å². The highest BCUT2D eigenvalue weighted by atomic mass is 16.2. The molecule has 2 aliphatic rings. The van der Waals surface area contributed by atoms with Crippen LogP contribution in [0.5, 0.6) is 0 Å². The Kier molecular flexibility index (Phi) is 2.79. The van der Waals surface area contributed by atoms with Gasteiger partial charge in [0.05, 0.1) is 0 Å². The van der Waals surface area contributed by atoms with Crippen LogP contribution in [-0.4, -0.2) is 16.8 Å². The Bertz CT molecular complexity index is 757. The highest BCUT2D eigenvalue weighted by Crippen LogP contribution is 2.45. The van der Waals surface area contributed by atoms with Gasteiger partial charge in [0.1, 0.15) is 5.54 Å². The lowest BCUT2D eigenvalue weighted by Gasteiger charge is -2.32. The van der Waals surface area contributed by atoms with Gasteiger partial charge in [-0.1, -0.05) is 54.6 Å². The van der Waals surface area contributed by atoms with Gasteiger partial charge in [0.2, 0.25) is 0 Å². The number of rotatable bonds is 2. The maximum absolute atomic E-state index is 12.6. The monoisotopic (exact) mass is 292 g/mol. The van der Waals surface area contributed by atoms with Crippen LogP contribution in [0.4, 0.5) is 4.79 Å². The van der Waals surface area contributed by atoms with Crippen molar-refractivity contribution in [1.29, 1.82) is 0 Å². The second kappa shape index (κ2) is 4.70. The van der Waals surface area contributed by atoms with E-state index in [1.165, 1.54) is 0 Å². The van der Waals surface area contributed by atoms with Crippen molar-refractivity contribution in [3.05, 3.63) is 71.3 Å². The van der Waals surface area contributed by atoms with E-state index in [4.69, 9.17) is 0 Å². The zero-order valence-electron chi connectivity index (χ0n) is 12.1. The Morgan fingerprint density at radius 2 is 1.73 bits per heavy atom. The lowest BCUT2D eigenvalue weighted by Crippen LogP contribution is -2.44. The third kappa shape index (κ3) is 1.70. The van der Waals surface area contributed by atoms with Crippen LogP contribution < -0.4 is 5.32 Å². The molecule has 1 atom stereocenters. The number of benzene rings is 2. The molecule has 4 rings (SSSR count). The molecule has 1 N–H and O–H groups in total. The van der Waals surface area contributed by atoms with E-state index in [-0.39, 0.29) is 11.9 Å². The van der Waals surface area contributed by atoms with Crippen LogP contribution >= 0.6 is 0 Å². The van der Waals surface area contributed by atoms with E-state index in [0.717, 1.165) is 23.1 Å². The minimum Gasteiger partial charge on any atom is -0.301 e. The Labute approximate surface area is 128 Å². The first-order chi connectivity index (χ1) is 10.7. The molecular formula is C18H16N2O2. The highest BCUT2D eigenvalue weighted by molar-refractivity contribution is 6.08. The molecule has 2 aromatic carbocycles. The van der Waals surface area contributed by atoms with E-state index in [2.05, 4.69) is 5.32 Å². The summed E-state index contributed by atoms with van der Waals surface area (Å²) < 4.78 is 0. The zero-order valence-corrected chi connectivity index (χ0v) is 12.1. The first-order valence-corrected chi connectivity index (χ1v) is 7.47. The van der Waals surface area contributed by atoms with Gasteiger partial charge >= 0.3 is 6.03 Å². The van der Waals surface area contributed by atoms with E-state index < -0.39 is 5.54 Å². The number of nitrogens with one attached hydrogen (secondary N) is 1. The summed E-state index contributed by atoms with van der Waals surface area (Å²) in [5, 5.41) is 2.51. The first-order valence-electron chi connectivity index (χ1n) is 7.47. The molecule has 3 amide bonds. The summed E-state index contributed by atoms with van der Waals surface area (Å²) in [6, 6.07) is 17.4. The normalized spacial score (nSPS) is 23.0. The molecule has 4 nitrogen and oxygen atoms in total. The van der Waals surface area contributed by atoms with Gasteiger partial charge in [0, 0.05) is 6.54 Å². The largest absolute Gasteiger partial charge is 0.325 e. The predicted octanol–water partition coefficient (Wildman–Crippen LogP) is 2.58. The number of carbonyl (C=O) groups is 2. The Hall–Kier alpha value is -2.62. The average molecular weight is 292 g/mol. The molecule has 1 spiro atoms. The third-order valence-corrected chi connectivity index (χ3v) is 4.70. The second-order valence-corrected chi connectivity index (χ2v) is 5.85. The van der Waals surface area contributed by atoms with Gasteiger partial charge < -0.3 is 4.90 Å². The molecule has 0 aromatic heterocycles. The number of hydrogen-bond donors (Lipinski definition) is 1. The number of aryl methyl sites for hydroxylation is 1. The predicted molar refractivity (Wildman–Crippen MR) is 82.0 cm³/mol. The van der Waals surface area contributed by atoms with Crippen molar-refractivity contribution in [2.45, 2.75) is 24.9 Å². The van der Waals surface area contributed by atoms with Gasteiger partial charge in [-0.2, -0.15) is 0 Å². The second-order valence-electron chi connectivity index (χ2n) is 5.85. The van der Waals surface area contributed by atoms with E-state index in [1.807, 2.05) is 54.6 Å². The van der Waals surface area contributed by atoms with Crippen molar-refractivity contribution >= 4 is 11.9 Å². The van der Waals surface area contributed by atoms with Crippen LogP contribution in [0.25, 0.3) is 0 Å². The van der Waals surface area contributed by atoms with Gasteiger partial charge in [-0.05, 0) is 29.5 Å². The van der Waals surface area contributed by atoms with Gasteiger partial charge in [-0.25, -0.2) is 4.79 Å². The SMILES string of the molecule is O=C1NC(=O)C2(CCc3ccccc32)N1Cc1ccccc1. The Morgan fingerprint density at radius 3 is 2.55 bits per heavy atom. The lowest BCUT2D eigenvalue weighted by atomic mass is 9.90. The number of nitrogens with zero attached hydrogens (tertiary/aromatic N) is 1. The summed E-state index contributed by atoms with van der Waals surface area (Å²) in [7, 11) is 0. The van der Waals surface area contributed by atoms with Gasteiger partial charge in [-0.3, -0.25) is 10.1 Å². The van der Waals surface area contributed by atoms with Gasteiger partial charge in [0.15, 0.2) is 0 Å². The lowest BCUT2D eigenvalue weighted by molar-refractivity contribution is -0.127. The number of fused-ring (bicyclic) bond motifs is 2. The number of carbonyl (C=O) groups excluding carboxylic acids is 2. The molecule has 1 aliphatic heterocycles. The van der Waals surface area contributed by atoms with Crippen molar-refractivity contribution in [1.82, 2.24) is 10.2 Å². The summed E-state index contributed by atoms with van der Waals surface area (Å²) in [5.74, 6) is -0.196. The van der Waals surface area contributed by atoms with E-state index in [0.29, 0.717) is 13.0 Å². The summed E-state index contributed by atoms with van der Waals surface area (Å²) in [5.41, 5.74) is 2.31. The molecule has 110 valence electrons. The van der Waals surface area contributed by atoms with E-state index in [1.54, 1.807) is 4.90 Å². The molecule has 0 bridgehead atoms. The van der Waals surface area contributed by atoms with Gasteiger partial charge in [-0.15, -0.1) is 0 Å². The molecule has 1 aliphatic carbocycles. The average Bonchev–Trinajstić information content (AvgIpc) is 3.04.